The summed E-state index contributed by atoms with van der Waals surface area (Å²) in [6, 6.07) is 0. The summed E-state index contributed by atoms with van der Waals surface area (Å²) in [5.74, 6) is 0.877. The van der Waals surface area contributed by atoms with Crippen molar-refractivity contribution in [1.29, 1.82) is 0 Å². The molecular weight excluding hydrogens is 160 g/mol. The lowest BCUT2D eigenvalue weighted by molar-refractivity contribution is -0.152. The highest BCUT2D eigenvalue weighted by Gasteiger charge is 2.39. The van der Waals surface area contributed by atoms with E-state index in [1.54, 1.807) is 0 Å². The maximum Gasteiger partial charge on any atom is 0.0688 e. The van der Waals surface area contributed by atoms with Gasteiger partial charge in [-0.25, -0.2) is 0 Å². The van der Waals surface area contributed by atoms with E-state index in [1.165, 1.54) is 44.9 Å². The fourth-order valence-electron chi connectivity index (χ4n) is 3.33. The zero-order chi connectivity index (χ0) is 9.31. The first-order valence-corrected chi connectivity index (χ1v) is 5.88. The van der Waals surface area contributed by atoms with Gasteiger partial charge in [-0.05, 0) is 38.5 Å². The highest BCUT2D eigenvalue weighted by atomic mass is 16.5. The lowest BCUT2D eigenvalue weighted by Gasteiger charge is -2.45. The van der Waals surface area contributed by atoms with Gasteiger partial charge in [-0.1, -0.05) is 26.2 Å². The fourth-order valence-corrected chi connectivity index (χ4v) is 3.33. The second-order valence-corrected chi connectivity index (χ2v) is 5.22. The molecule has 0 radical (unpaired) electrons. The Labute approximate surface area is 81.9 Å². The van der Waals surface area contributed by atoms with Crippen LogP contribution < -0.4 is 0 Å². The van der Waals surface area contributed by atoms with E-state index in [9.17, 15) is 0 Å². The Morgan fingerprint density at radius 2 is 1.77 bits per heavy atom. The van der Waals surface area contributed by atoms with Crippen LogP contribution in [-0.2, 0) is 4.74 Å². The van der Waals surface area contributed by atoms with E-state index in [-0.39, 0.29) is 0 Å². The topological polar surface area (TPSA) is 9.23 Å². The van der Waals surface area contributed by atoms with E-state index in [0.717, 1.165) is 5.92 Å². The lowest BCUT2D eigenvalue weighted by Crippen LogP contribution is -2.44. The highest BCUT2D eigenvalue weighted by molar-refractivity contribution is 4.90. The Hall–Kier alpha value is -0.0400. The Balaban J connectivity index is 2.02. The first-order chi connectivity index (χ1) is 6.20. The van der Waals surface area contributed by atoms with E-state index in [4.69, 9.17) is 4.74 Å². The zero-order valence-corrected chi connectivity index (χ0v) is 9.01. The molecule has 0 aromatic rings. The van der Waals surface area contributed by atoms with Gasteiger partial charge in [0.05, 0.1) is 11.7 Å². The van der Waals surface area contributed by atoms with Gasteiger partial charge in [0.15, 0.2) is 0 Å². The van der Waals surface area contributed by atoms with Gasteiger partial charge in [0.1, 0.15) is 0 Å². The summed E-state index contributed by atoms with van der Waals surface area (Å²) in [7, 11) is 0. The molecule has 1 heteroatoms. The SMILES string of the molecule is CC1CC(C)OC2(CCCCC2)C1. The molecule has 2 unspecified atom stereocenters. The van der Waals surface area contributed by atoms with Crippen LogP contribution in [0.5, 0.6) is 0 Å². The molecule has 1 aliphatic carbocycles. The third-order valence-electron chi connectivity index (χ3n) is 3.67. The minimum atomic E-state index is 0.301. The van der Waals surface area contributed by atoms with Crippen LogP contribution in [0.3, 0.4) is 0 Å². The van der Waals surface area contributed by atoms with Gasteiger partial charge in [0.2, 0.25) is 0 Å². The summed E-state index contributed by atoms with van der Waals surface area (Å²) in [4.78, 5) is 0. The minimum Gasteiger partial charge on any atom is -0.372 e. The molecule has 2 aliphatic rings. The normalized spacial score (nSPS) is 39.2. The van der Waals surface area contributed by atoms with Gasteiger partial charge >= 0.3 is 0 Å². The first-order valence-electron chi connectivity index (χ1n) is 5.88. The molecule has 1 saturated heterocycles. The van der Waals surface area contributed by atoms with Crippen molar-refractivity contribution in [2.24, 2.45) is 5.92 Å². The molecule has 0 N–H and O–H groups in total. The van der Waals surface area contributed by atoms with Crippen LogP contribution in [-0.4, -0.2) is 11.7 Å². The fraction of sp³-hybridized carbons (Fsp3) is 1.00. The number of ether oxygens (including phenoxy) is 1. The van der Waals surface area contributed by atoms with Crippen LogP contribution in [0.25, 0.3) is 0 Å². The smallest absolute Gasteiger partial charge is 0.0688 e. The molecule has 2 rings (SSSR count). The van der Waals surface area contributed by atoms with Crippen molar-refractivity contribution in [2.45, 2.75) is 70.5 Å². The van der Waals surface area contributed by atoms with Crippen LogP contribution in [0.1, 0.15) is 58.8 Å². The van der Waals surface area contributed by atoms with Crippen LogP contribution >= 0.6 is 0 Å². The van der Waals surface area contributed by atoms with Gasteiger partial charge in [0, 0.05) is 0 Å². The lowest BCUT2D eigenvalue weighted by atomic mass is 9.75. The third-order valence-corrected chi connectivity index (χ3v) is 3.67. The van der Waals surface area contributed by atoms with Crippen molar-refractivity contribution in [3.8, 4) is 0 Å². The zero-order valence-electron chi connectivity index (χ0n) is 9.01. The van der Waals surface area contributed by atoms with Crippen LogP contribution in [0.15, 0.2) is 0 Å². The molecule has 2 fully saturated rings. The summed E-state index contributed by atoms with van der Waals surface area (Å²) in [5, 5.41) is 0. The van der Waals surface area contributed by atoms with E-state index in [1.807, 2.05) is 0 Å². The maximum absolute atomic E-state index is 6.19. The molecular formula is C12H22O. The van der Waals surface area contributed by atoms with Gasteiger partial charge in [-0.15, -0.1) is 0 Å². The summed E-state index contributed by atoms with van der Waals surface area (Å²) >= 11 is 0. The predicted octanol–water partition coefficient (Wildman–Crippen LogP) is 3.52. The molecule has 13 heavy (non-hydrogen) atoms. The Morgan fingerprint density at radius 3 is 2.38 bits per heavy atom. The molecule has 0 bridgehead atoms. The van der Waals surface area contributed by atoms with Crippen molar-refractivity contribution >= 4 is 0 Å². The average molecular weight is 182 g/mol. The number of hydrogen-bond donors (Lipinski definition) is 0. The van der Waals surface area contributed by atoms with Crippen molar-refractivity contribution in [3.05, 3.63) is 0 Å². The van der Waals surface area contributed by atoms with Crippen molar-refractivity contribution in [1.82, 2.24) is 0 Å². The molecule has 1 saturated carbocycles. The Bertz CT molecular complexity index is 158. The van der Waals surface area contributed by atoms with Gasteiger partial charge < -0.3 is 4.74 Å². The van der Waals surface area contributed by atoms with E-state index < -0.39 is 0 Å². The van der Waals surface area contributed by atoms with Crippen LogP contribution in [0.4, 0.5) is 0 Å². The molecule has 1 aliphatic heterocycles. The monoisotopic (exact) mass is 182 g/mol. The van der Waals surface area contributed by atoms with E-state index in [0.29, 0.717) is 11.7 Å². The molecule has 0 aromatic carbocycles. The molecule has 76 valence electrons. The average Bonchev–Trinajstić information content (AvgIpc) is 2.02. The largest absolute Gasteiger partial charge is 0.372 e. The van der Waals surface area contributed by atoms with Gasteiger partial charge in [0.25, 0.3) is 0 Å². The summed E-state index contributed by atoms with van der Waals surface area (Å²) < 4.78 is 6.19. The van der Waals surface area contributed by atoms with Gasteiger partial charge in [-0.2, -0.15) is 0 Å². The second kappa shape index (κ2) is 3.61. The molecule has 1 nitrogen and oxygen atoms in total. The predicted molar refractivity (Wildman–Crippen MR) is 54.8 cm³/mol. The number of hydrogen-bond acceptors (Lipinski definition) is 1. The van der Waals surface area contributed by atoms with E-state index >= 15 is 0 Å². The summed E-state index contributed by atoms with van der Waals surface area (Å²) in [5.41, 5.74) is 0.301. The standard InChI is InChI=1S/C12H22O/c1-10-8-11(2)13-12(9-10)6-4-3-5-7-12/h10-11H,3-9H2,1-2H3. The quantitative estimate of drug-likeness (QED) is 0.557. The van der Waals surface area contributed by atoms with Crippen LogP contribution in [0.2, 0.25) is 0 Å². The molecule has 1 heterocycles. The highest BCUT2D eigenvalue weighted by Crippen LogP contribution is 2.42. The van der Waals surface area contributed by atoms with E-state index in [2.05, 4.69) is 13.8 Å². The van der Waals surface area contributed by atoms with Crippen molar-refractivity contribution in [3.63, 3.8) is 0 Å². The second-order valence-electron chi connectivity index (χ2n) is 5.22. The first kappa shape index (κ1) is 9.51. The molecule has 0 amide bonds. The molecule has 2 atom stereocenters. The number of rotatable bonds is 0. The van der Waals surface area contributed by atoms with Crippen molar-refractivity contribution in [2.75, 3.05) is 0 Å². The van der Waals surface area contributed by atoms with Gasteiger partial charge in [-0.3, -0.25) is 0 Å². The molecule has 0 aromatic heterocycles. The molecule has 1 spiro atoms. The maximum atomic E-state index is 6.19. The third kappa shape index (κ3) is 2.07. The van der Waals surface area contributed by atoms with Crippen LogP contribution in [0, 0.1) is 5.92 Å². The Kier molecular flexibility index (Phi) is 2.64. The summed E-state index contributed by atoms with van der Waals surface area (Å²) in [6.07, 6.45) is 9.93. The Morgan fingerprint density at radius 1 is 1.08 bits per heavy atom. The minimum absolute atomic E-state index is 0.301. The van der Waals surface area contributed by atoms with Crippen molar-refractivity contribution < 1.29 is 4.74 Å². The summed E-state index contributed by atoms with van der Waals surface area (Å²) in [6.45, 7) is 4.63.